The van der Waals surface area contributed by atoms with Crippen LogP contribution >= 0.6 is 0 Å². The second kappa shape index (κ2) is 33.2. The van der Waals surface area contributed by atoms with Gasteiger partial charge in [-0.05, 0) is 12.8 Å². The Bertz CT molecular complexity index is 544. The molecule has 0 bridgehead atoms. The van der Waals surface area contributed by atoms with Crippen molar-refractivity contribution in [3.63, 3.8) is 0 Å². The van der Waals surface area contributed by atoms with Gasteiger partial charge in [0.1, 0.15) is 6.10 Å². The molecule has 42 heavy (non-hydrogen) atoms. The Labute approximate surface area is 262 Å². The highest BCUT2D eigenvalue weighted by atomic mass is 16.3. The molecule has 4 N–H and O–H groups in total. The molecule has 1 amide bonds. The summed E-state index contributed by atoms with van der Waals surface area (Å²) in [5, 5.41) is 33.2. The van der Waals surface area contributed by atoms with Gasteiger partial charge >= 0.3 is 0 Å². The molecule has 0 saturated heterocycles. The molecule has 0 aromatic rings. The van der Waals surface area contributed by atoms with Gasteiger partial charge in [-0.3, -0.25) is 4.79 Å². The Hall–Kier alpha value is -0.650. The maximum atomic E-state index is 12.3. The van der Waals surface area contributed by atoms with Gasteiger partial charge in [0.2, 0.25) is 5.91 Å². The van der Waals surface area contributed by atoms with E-state index in [9.17, 15) is 20.1 Å². The summed E-state index contributed by atoms with van der Waals surface area (Å²) in [5.74, 6) is -0.143. The first-order chi connectivity index (χ1) is 20.6. The van der Waals surface area contributed by atoms with Crippen LogP contribution < -0.4 is 5.32 Å². The van der Waals surface area contributed by atoms with Gasteiger partial charge in [-0.2, -0.15) is 0 Å². The minimum Gasteiger partial charge on any atom is -0.394 e. The van der Waals surface area contributed by atoms with Crippen LogP contribution in [0.25, 0.3) is 0 Å². The summed E-state index contributed by atoms with van der Waals surface area (Å²) in [6, 6.07) is -0.800. The number of unbranched alkanes of at least 4 members (excludes halogenated alkanes) is 26. The zero-order chi connectivity index (χ0) is 30.9. The number of carbonyl (C=O) groups is 1. The van der Waals surface area contributed by atoms with E-state index in [1.165, 1.54) is 141 Å². The van der Waals surface area contributed by atoms with Gasteiger partial charge in [0, 0.05) is 6.42 Å². The lowest BCUT2D eigenvalue weighted by atomic mass is 9.99. The average molecular weight is 598 g/mol. The van der Waals surface area contributed by atoms with Crippen LogP contribution in [0.15, 0.2) is 0 Å². The van der Waals surface area contributed by atoms with E-state index in [4.69, 9.17) is 0 Å². The third-order valence-corrected chi connectivity index (χ3v) is 8.96. The van der Waals surface area contributed by atoms with E-state index in [0.29, 0.717) is 12.8 Å². The van der Waals surface area contributed by atoms with Crippen LogP contribution in [0.2, 0.25) is 0 Å². The van der Waals surface area contributed by atoms with Crippen LogP contribution in [0, 0.1) is 0 Å². The minimum absolute atomic E-state index is 0.143. The zero-order valence-corrected chi connectivity index (χ0v) is 28.4. The van der Waals surface area contributed by atoms with Crippen molar-refractivity contribution in [2.75, 3.05) is 6.61 Å². The number of hydrogen-bond acceptors (Lipinski definition) is 4. The van der Waals surface area contributed by atoms with E-state index in [2.05, 4.69) is 19.2 Å². The summed E-state index contributed by atoms with van der Waals surface area (Å²) in [6.45, 7) is 4.15. The monoisotopic (exact) mass is 598 g/mol. The lowest BCUT2D eigenvalue weighted by Gasteiger charge is -2.26. The molecule has 0 radical (unpaired) electrons. The molecule has 0 rings (SSSR count). The molecule has 0 heterocycles. The van der Waals surface area contributed by atoms with Crippen LogP contribution in [-0.2, 0) is 4.79 Å². The minimum atomic E-state index is -1.13. The molecule has 5 heteroatoms. The molecular formula is C37H75NO4. The molecule has 0 aliphatic carbocycles. The van der Waals surface area contributed by atoms with Gasteiger partial charge in [-0.25, -0.2) is 0 Å². The molecule has 0 aromatic heterocycles. The Morgan fingerprint density at radius 3 is 1.14 bits per heavy atom. The van der Waals surface area contributed by atoms with Crippen molar-refractivity contribution in [3.8, 4) is 0 Å². The summed E-state index contributed by atoms with van der Waals surface area (Å²) < 4.78 is 0. The standard InChI is InChI=1S/C37H75NO4/c1-3-5-7-9-11-13-14-15-16-17-18-19-20-21-22-24-26-28-30-32-36(41)38-34(33-39)37(42)35(40)31-29-27-25-23-12-10-8-6-4-2/h34-35,37,39-40,42H,3-33H2,1-2H3,(H,38,41)/t34-,35+,37-/m0/s1. The third kappa shape index (κ3) is 28.1. The number of hydrogen-bond donors (Lipinski definition) is 4. The molecule has 252 valence electrons. The fourth-order valence-electron chi connectivity index (χ4n) is 5.99. The van der Waals surface area contributed by atoms with Gasteiger partial charge in [0.15, 0.2) is 0 Å². The van der Waals surface area contributed by atoms with Crippen LogP contribution in [-0.4, -0.2) is 46.1 Å². The van der Waals surface area contributed by atoms with Gasteiger partial charge in [0.05, 0.1) is 18.8 Å². The number of rotatable bonds is 34. The number of nitrogens with one attached hydrogen (secondary N) is 1. The fourth-order valence-corrected chi connectivity index (χ4v) is 5.99. The van der Waals surface area contributed by atoms with E-state index in [0.717, 1.165) is 38.5 Å². The molecule has 0 saturated carbocycles. The number of amides is 1. The average Bonchev–Trinajstić information content (AvgIpc) is 2.99. The van der Waals surface area contributed by atoms with Gasteiger partial charge in [0.25, 0.3) is 0 Å². The fraction of sp³-hybridized carbons (Fsp3) is 0.973. The predicted molar refractivity (Wildman–Crippen MR) is 181 cm³/mol. The summed E-state index contributed by atoms with van der Waals surface area (Å²) in [6.07, 6.45) is 34.9. The highest BCUT2D eigenvalue weighted by Gasteiger charge is 2.26. The van der Waals surface area contributed by atoms with Crippen LogP contribution in [0.4, 0.5) is 0 Å². The molecule has 0 aliphatic rings. The summed E-state index contributed by atoms with van der Waals surface area (Å²) in [7, 11) is 0. The molecule has 0 spiro atoms. The van der Waals surface area contributed by atoms with E-state index in [-0.39, 0.29) is 12.5 Å². The van der Waals surface area contributed by atoms with E-state index >= 15 is 0 Å². The van der Waals surface area contributed by atoms with Gasteiger partial charge in [-0.15, -0.1) is 0 Å². The first-order valence-electron chi connectivity index (χ1n) is 18.8. The Kier molecular flexibility index (Phi) is 32.7. The Morgan fingerprint density at radius 1 is 0.500 bits per heavy atom. The predicted octanol–water partition coefficient (Wildman–Crippen LogP) is 9.93. The van der Waals surface area contributed by atoms with E-state index < -0.39 is 18.2 Å². The van der Waals surface area contributed by atoms with Gasteiger partial charge in [-0.1, -0.05) is 187 Å². The Morgan fingerprint density at radius 2 is 0.810 bits per heavy atom. The van der Waals surface area contributed by atoms with Crippen molar-refractivity contribution in [2.24, 2.45) is 0 Å². The van der Waals surface area contributed by atoms with Crippen LogP contribution in [0.3, 0.4) is 0 Å². The second-order valence-corrected chi connectivity index (χ2v) is 13.1. The maximum absolute atomic E-state index is 12.3. The first-order valence-corrected chi connectivity index (χ1v) is 18.8. The number of aliphatic hydroxyl groups excluding tert-OH is 3. The molecule has 3 atom stereocenters. The molecule has 0 fully saturated rings. The SMILES string of the molecule is CCCCCCCCCCCCCCCCCCCCCC(=O)N[C@@H](CO)[C@H](O)[C@H](O)CCCCCCCCCCC. The molecule has 5 nitrogen and oxygen atoms in total. The highest BCUT2D eigenvalue weighted by molar-refractivity contribution is 5.76. The van der Waals surface area contributed by atoms with Crippen LogP contribution in [0.5, 0.6) is 0 Å². The van der Waals surface area contributed by atoms with E-state index in [1.807, 2.05) is 0 Å². The summed E-state index contributed by atoms with van der Waals surface area (Å²) in [4.78, 5) is 12.3. The molecule has 0 aliphatic heterocycles. The third-order valence-electron chi connectivity index (χ3n) is 8.96. The summed E-state index contributed by atoms with van der Waals surface area (Å²) in [5.41, 5.74) is 0. The quantitative estimate of drug-likeness (QED) is 0.0556. The first kappa shape index (κ1) is 41.4. The molecule has 0 unspecified atom stereocenters. The summed E-state index contributed by atoms with van der Waals surface area (Å²) >= 11 is 0. The molecular weight excluding hydrogens is 522 g/mol. The molecule has 0 aromatic carbocycles. The van der Waals surface area contributed by atoms with Crippen LogP contribution in [0.1, 0.15) is 206 Å². The second-order valence-electron chi connectivity index (χ2n) is 13.1. The van der Waals surface area contributed by atoms with Crippen molar-refractivity contribution in [1.82, 2.24) is 5.32 Å². The highest BCUT2D eigenvalue weighted by Crippen LogP contribution is 2.16. The Balaban J connectivity index is 3.59. The van der Waals surface area contributed by atoms with Crippen molar-refractivity contribution in [3.05, 3.63) is 0 Å². The van der Waals surface area contributed by atoms with Crippen molar-refractivity contribution in [1.29, 1.82) is 0 Å². The smallest absolute Gasteiger partial charge is 0.220 e. The number of carbonyl (C=O) groups excluding carboxylic acids is 1. The van der Waals surface area contributed by atoms with Crippen molar-refractivity contribution < 1.29 is 20.1 Å². The lowest BCUT2D eigenvalue weighted by molar-refractivity contribution is -0.124. The topological polar surface area (TPSA) is 89.8 Å². The normalized spacial score (nSPS) is 13.7. The lowest BCUT2D eigenvalue weighted by Crippen LogP contribution is -2.50. The van der Waals surface area contributed by atoms with E-state index in [1.54, 1.807) is 0 Å². The zero-order valence-electron chi connectivity index (χ0n) is 28.4. The maximum Gasteiger partial charge on any atom is 0.220 e. The largest absolute Gasteiger partial charge is 0.394 e. The van der Waals surface area contributed by atoms with Crippen molar-refractivity contribution >= 4 is 5.91 Å². The number of aliphatic hydroxyl groups is 3. The van der Waals surface area contributed by atoms with Gasteiger partial charge < -0.3 is 20.6 Å². The van der Waals surface area contributed by atoms with Crippen molar-refractivity contribution in [2.45, 2.75) is 225 Å².